The minimum Gasteiger partial charge on any atom is -0.439 e. The first-order chi connectivity index (χ1) is 15.6. The molecule has 0 amide bonds. The van der Waals surface area contributed by atoms with Crippen LogP contribution in [-0.2, 0) is 10.0 Å². The molecule has 0 radical (unpaired) electrons. The summed E-state index contributed by atoms with van der Waals surface area (Å²) in [6.45, 7) is 9.41. The van der Waals surface area contributed by atoms with Crippen molar-refractivity contribution < 1.29 is 13.2 Å². The Labute approximate surface area is 193 Å². The van der Waals surface area contributed by atoms with E-state index in [9.17, 15) is 8.42 Å². The highest BCUT2D eigenvalue weighted by Crippen LogP contribution is 2.27. The Kier molecular flexibility index (Phi) is 5.90. The molecule has 0 saturated heterocycles. The summed E-state index contributed by atoms with van der Waals surface area (Å²) in [7, 11) is -3.72. The van der Waals surface area contributed by atoms with Crippen LogP contribution in [0.4, 0.5) is 5.69 Å². The number of hydrogen-bond acceptors (Lipinski definition) is 6. The Morgan fingerprint density at radius 2 is 1.55 bits per heavy atom. The Balaban J connectivity index is 1.52. The molecule has 170 valence electrons. The van der Waals surface area contributed by atoms with E-state index in [0.29, 0.717) is 39.2 Å². The lowest BCUT2D eigenvalue weighted by molar-refractivity contribution is 0.460. The third-order valence-corrected chi connectivity index (χ3v) is 6.74. The summed E-state index contributed by atoms with van der Waals surface area (Å²) in [5.41, 5.74) is 4.73. The monoisotopic (exact) mass is 463 g/mol. The van der Waals surface area contributed by atoms with Gasteiger partial charge in [-0.3, -0.25) is 4.72 Å². The normalized spacial score (nSPS) is 11.4. The van der Waals surface area contributed by atoms with Gasteiger partial charge in [0.1, 0.15) is 12.1 Å². The standard InChI is InChI=1S/C24H25N5O3S/c1-15-10-16(2)24(17(3)11-15)33(30,31)28-20-6-8-21(9-7-20)32-23-13-22(25-14-26-23)29-19(5)12-18(4)27-29/h6-14,28H,1-5H3. The second-order valence-corrected chi connectivity index (χ2v) is 9.63. The molecule has 0 spiro atoms. The summed E-state index contributed by atoms with van der Waals surface area (Å²) >= 11 is 0. The molecular weight excluding hydrogens is 438 g/mol. The average molecular weight is 464 g/mol. The Morgan fingerprint density at radius 1 is 0.879 bits per heavy atom. The zero-order chi connectivity index (χ0) is 23.8. The number of hydrogen-bond donors (Lipinski definition) is 1. The number of nitrogens with one attached hydrogen (secondary N) is 1. The molecule has 0 atom stereocenters. The van der Waals surface area contributed by atoms with Crippen LogP contribution in [0.5, 0.6) is 11.6 Å². The first kappa shape index (κ1) is 22.5. The van der Waals surface area contributed by atoms with Crippen molar-refractivity contribution in [3.05, 3.63) is 82.9 Å². The number of nitrogens with zero attached hydrogens (tertiary/aromatic N) is 4. The maximum atomic E-state index is 13.0. The van der Waals surface area contributed by atoms with Gasteiger partial charge in [-0.1, -0.05) is 17.7 Å². The largest absolute Gasteiger partial charge is 0.439 e. The van der Waals surface area contributed by atoms with Crippen molar-refractivity contribution in [2.45, 2.75) is 39.5 Å². The van der Waals surface area contributed by atoms with Crippen LogP contribution in [-0.4, -0.2) is 28.2 Å². The van der Waals surface area contributed by atoms with Gasteiger partial charge in [-0.05, 0) is 76.1 Å². The zero-order valence-corrected chi connectivity index (χ0v) is 19.9. The maximum absolute atomic E-state index is 13.0. The number of anilines is 1. The van der Waals surface area contributed by atoms with Crippen molar-refractivity contribution in [1.82, 2.24) is 19.7 Å². The van der Waals surface area contributed by atoms with E-state index in [1.165, 1.54) is 6.33 Å². The van der Waals surface area contributed by atoms with Crippen molar-refractivity contribution in [2.24, 2.45) is 0 Å². The third-order valence-electron chi connectivity index (χ3n) is 5.06. The predicted molar refractivity (Wildman–Crippen MR) is 127 cm³/mol. The SMILES string of the molecule is Cc1cc(C)c(S(=O)(=O)Nc2ccc(Oc3cc(-n4nc(C)cc4C)ncn3)cc2)c(C)c1. The lowest BCUT2D eigenvalue weighted by Gasteiger charge is -2.14. The number of aromatic nitrogens is 4. The van der Waals surface area contributed by atoms with E-state index in [1.54, 1.807) is 48.9 Å². The number of aryl methyl sites for hydroxylation is 5. The van der Waals surface area contributed by atoms with Gasteiger partial charge >= 0.3 is 0 Å². The molecule has 4 rings (SSSR count). The Morgan fingerprint density at radius 3 is 2.15 bits per heavy atom. The molecule has 8 nitrogen and oxygen atoms in total. The predicted octanol–water partition coefficient (Wildman–Crippen LogP) is 4.80. The number of sulfonamides is 1. The molecular formula is C24H25N5O3S. The van der Waals surface area contributed by atoms with Gasteiger partial charge in [0.25, 0.3) is 10.0 Å². The van der Waals surface area contributed by atoms with E-state index in [2.05, 4.69) is 19.8 Å². The fourth-order valence-electron chi connectivity index (χ4n) is 3.87. The average Bonchev–Trinajstić information content (AvgIpc) is 3.06. The topological polar surface area (TPSA) is 99.0 Å². The van der Waals surface area contributed by atoms with E-state index in [1.807, 2.05) is 39.0 Å². The fourth-order valence-corrected chi connectivity index (χ4v) is 5.39. The van der Waals surface area contributed by atoms with Crippen LogP contribution in [0.15, 0.2) is 59.8 Å². The lowest BCUT2D eigenvalue weighted by Crippen LogP contribution is -2.15. The van der Waals surface area contributed by atoms with Crippen LogP contribution >= 0.6 is 0 Å². The van der Waals surface area contributed by atoms with Gasteiger partial charge in [-0.2, -0.15) is 5.10 Å². The maximum Gasteiger partial charge on any atom is 0.262 e. The third kappa shape index (κ3) is 4.88. The first-order valence-electron chi connectivity index (χ1n) is 10.4. The van der Waals surface area contributed by atoms with Gasteiger partial charge in [0.15, 0.2) is 5.82 Å². The number of rotatable bonds is 6. The summed E-state index contributed by atoms with van der Waals surface area (Å²) in [6, 6.07) is 14.0. The second kappa shape index (κ2) is 8.67. The van der Waals surface area contributed by atoms with E-state index in [-0.39, 0.29) is 0 Å². The van der Waals surface area contributed by atoms with Crippen molar-refractivity contribution in [2.75, 3.05) is 4.72 Å². The molecule has 4 aromatic rings. The van der Waals surface area contributed by atoms with Gasteiger partial charge in [0.2, 0.25) is 5.88 Å². The van der Waals surface area contributed by atoms with Crippen LogP contribution in [0, 0.1) is 34.6 Å². The smallest absolute Gasteiger partial charge is 0.262 e. The summed E-state index contributed by atoms with van der Waals surface area (Å²) in [4.78, 5) is 8.72. The fraction of sp³-hybridized carbons (Fsp3) is 0.208. The summed E-state index contributed by atoms with van der Waals surface area (Å²) in [6.07, 6.45) is 1.41. The Hall–Kier alpha value is -3.72. The zero-order valence-electron chi connectivity index (χ0n) is 19.1. The van der Waals surface area contributed by atoms with Crippen LogP contribution < -0.4 is 9.46 Å². The van der Waals surface area contributed by atoms with Crippen LogP contribution in [0.3, 0.4) is 0 Å². The van der Waals surface area contributed by atoms with Gasteiger partial charge in [0.05, 0.1) is 10.6 Å². The minimum atomic E-state index is -3.72. The van der Waals surface area contributed by atoms with E-state index >= 15 is 0 Å². The van der Waals surface area contributed by atoms with Crippen molar-refractivity contribution in [3.8, 4) is 17.4 Å². The van der Waals surface area contributed by atoms with Crippen LogP contribution in [0.25, 0.3) is 5.82 Å². The van der Waals surface area contributed by atoms with Crippen LogP contribution in [0.2, 0.25) is 0 Å². The molecule has 0 aliphatic carbocycles. The molecule has 33 heavy (non-hydrogen) atoms. The van der Waals surface area contributed by atoms with Crippen molar-refractivity contribution in [1.29, 1.82) is 0 Å². The lowest BCUT2D eigenvalue weighted by atomic mass is 10.1. The summed E-state index contributed by atoms with van der Waals surface area (Å²) < 4.78 is 36.1. The summed E-state index contributed by atoms with van der Waals surface area (Å²) in [5.74, 6) is 1.46. The summed E-state index contributed by atoms with van der Waals surface area (Å²) in [5, 5.41) is 4.42. The molecule has 0 saturated carbocycles. The van der Waals surface area contributed by atoms with Crippen molar-refractivity contribution in [3.63, 3.8) is 0 Å². The van der Waals surface area contributed by atoms with E-state index in [4.69, 9.17) is 4.74 Å². The number of benzene rings is 2. The molecule has 2 heterocycles. The van der Waals surface area contributed by atoms with E-state index < -0.39 is 10.0 Å². The quantitative estimate of drug-likeness (QED) is 0.441. The second-order valence-electron chi connectivity index (χ2n) is 8.01. The molecule has 0 aliphatic rings. The molecule has 1 N–H and O–H groups in total. The van der Waals surface area contributed by atoms with Gasteiger partial charge < -0.3 is 4.74 Å². The Bertz CT molecular complexity index is 1400. The molecule has 0 bridgehead atoms. The van der Waals surface area contributed by atoms with Gasteiger partial charge in [-0.15, -0.1) is 0 Å². The molecule has 0 aliphatic heterocycles. The van der Waals surface area contributed by atoms with Crippen molar-refractivity contribution >= 4 is 15.7 Å². The first-order valence-corrected chi connectivity index (χ1v) is 11.8. The van der Waals surface area contributed by atoms with Gasteiger partial charge in [-0.25, -0.2) is 23.1 Å². The molecule has 0 fully saturated rings. The highest BCUT2D eigenvalue weighted by Gasteiger charge is 2.20. The minimum absolute atomic E-state index is 0.297. The van der Waals surface area contributed by atoms with E-state index in [0.717, 1.165) is 17.0 Å². The molecule has 2 aromatic carbocycles. The molecule has 2 aromatic heterocycles. The van der Waals surface area contributed by atoms with Gasteiger partial charge in [0, 0.05) is 17.4 Å². The highest BCUT2D eigenvalue weighted by molar-refractivity contribution is 7.92. The number of ether oxygens (including phenoxy) is 1. The van der Waals surface area contributed by atoms with Crippen LogP contribution in [0.1, 0.15) is 28.1 Å². The highest BCUT2D eigenvalue weighted by atomic mass is 32.2. The molecule has 0 unspecified atom stereocenters. The molecule has 9 heteroatoms.